The number of benzene rings is 1. The average Bonchev–Trinajstić information content (AvgIpc) is 2.96. The van der Waals surface area contributed by atoms with Crippen LogP contribution in [0.25, 0.3) is 6.08 Å². The highest BCUT2D eigenvalue weighted by Crippen LogP contribution is 2.39. The number of aliphatic hydroxyl groups excluding tert-OH is 1. The number of ether oxygens (including phenoxy) is 2. The standard InChI is InChI=1S/C19H19NO7S/c1-3-14(21)20-18-16(19(25)26-4-2)17(24)13(28-18)9-11-5-7-12(8-6-11)27-10-15(22)23/h5-9,24H,3-4,10H2,1-2H3,(H,22,23)/b13-9-,20-18?. The van der Waals surface area contributed by atoms with Crippen molar-refractivity contribution in [2.24, 2.45) is 4.99 Å². The van der Waals surface area contributed by atoms with Crippen LogP contribution in [-0.2, 0) is 19.1 Å². The summed E-state index contributed by atoms with van der Waals surface area (Å²) in [6, 6.07) is 6.48. The molecule has 0 aromatic heterocycles. The lowest BCUT2D eigenvalue weighted by atomic mass is 10.1. The normalized spacial score (nSPS) is 16.5. The van der Waals surface area contributed by atoms with Crippen LogP contribution in [0.2, 0.25) is 0 Å². The molecular formula is C19H19NO7S. The fraction of sp³-hybridized carbons (Fsp3) is 0.263. The van der Waals surface area contributed by atoms with Crippen LogP contribution in [0.5, 0.6) is 5.75 Å². The van der Waals surface area contributed by atoms with Crippen LogP contribution < -0.4 is 4.74 Å². The SMILES string of the molecule is CCOC(=O)C1=C(O)/C(=C/c2ccc(OCC(=O)O)cc2)SC1=NC(=O)CC. The van der Waals surface area contributed by atoms with Gasteiger partial charge in [-0.05, 0) is 30.7 Å². The molecule has 2 N–H and O–H groups in total. The Balaban J connectivity index is 2.31. The molecule has 0 radical (unpaired) electrons. The van der Waals surface area contributed by atoms with Gasteiger partial charge in [0.05, 0.1) is 11.5 Å². The van der Waals surface area contributed by atoms with Crippen LogP contribution in [0, 0.1) is 0 Å². The molecule has 1 aromatic carbocycles. The second-order valence-electron chi connectivity index (χ2n) is 5.47. The number of hydrogen-bond donors (Lipinski definition) is 2. The van der Waals surface area contributed by atoms with Crippen LogP contribution in [0.15, 0.2) is 45.5 Å². The fourth-order valence-electron chi connectivity index (χ4n) is 2.14. The molecule has 0 atom stereocenters. The zero-order valence-electron chi connectivity index (χ0n) is 15.3. The van der Waals surface area contributed by atoms with Gasteiger partial charge in [0.1, 0.15) is 22.1 Å². The van der Waals surface area contributed by atoms with E-state index in [4.69, 9.17) is 14.6 Å². The Kier molecular flexibility index (Phi) is 7.39. The summed E-state index contributed by atoms with van der Waals surface area (Å²) in [4.78, 5) is 38.6. The van der Waals surface area contributed by atoms with Crippen molar-refractivity contribution in [1.29, 1.82) is 0 Å². The third-order valence-electron chi connectivity index (χ3n) is 3.44. The van der Waals surface area contributed by atoms with E-state index in [1.165, 1.54) is 0 Å². The van der Waals surface area contributed by atoms with Gasteiger partial charge in [0.15, 0.2) is 6.61 Å². The van der Waals surface area contributed by atoms with Crippen molar-refractivity contribution in [3.05, 3.63) is 46.1 Å². The van der Waals surface area contributed by atoms with Gasteiger partial charge in [0, 0.05) is 6.42 Å². The van der Waals surface area contributed by atoms with E-state index in [9.17, 15) is 19.5 Å². The third-order valence-corrected chi connectivity index (χ3v) is 4.46. The summed E-state index contributed by atoms with van der Waals surface area (Å²) >= 11 is 0.994. The summed E-state index contributed by atoms with van der Waals surface area (Å²) in [5.41, 5.74) is 0.532. The monoisotopic (exact) mass is 405 g/mol. The van der Waals surface area contributed by atoms with Gasteiger partial charge in [-0.15, -0.1) is 0 Å². The van der Waals surface area contributed by atoms with Crippen molar-refractivity contribution in [1.82, 2.24) is 0 Å². The maximum atomic E-state index is 12.2. The number of esters is 1. The highest BCUT2D eigenvalue weighted by molar-refractivity contribution is 8.18. The van der Waals surface area contributed by atoms with E-state index in [1.54, 1.807) is 44.2 Å². The van der Waals surface area contributed by atoms with Crippen molar-refractivity contribution in [2.45, 2.75) is 20.3 Å². The Labute approximate surface area is 165 Å². The minimum atomic E-state index is -1.08. The molecule has 0 saturated carbocycles. The lowest BCUT2D eigenvalue weighted by Crippen LogP contribution is -2.14. The second-order valence-corrected chi connectivity index (χ2v) is 6.50. The van der Waals surface area contributed by atoms with E-state index in [1.807, 2.05) is 0 Å². The number of carbonyl (C=O) groups excluding carboxylic acids is 2. The van der Waals surface area contributed by atoms with E-state index < -0.39 is 24.5 Å². The van der Waals surface area contributed by atoms with Crippen LogP contribution in [0.3, 0.4) is 0 Å². The number of amides is 1. The number of rotatable bonds is 7. The molecule has 0 saturated heterocycles. The van der Waals surface area contributed by atoms with Crippen molar-refractivity contribution < 1.29 is 34.1 Å². The summed E-state index contributed by atoms with van der Waals surface area (Å²) in [5, 5.41) is 19.2. The van der Waals surface area contributed by atoms with Gasteiger partial charge >= 0.3 is 11.9 Å². The Morgan fingerprint density at radius 3 is 2.43 bits per heavy atom. The Morgan fingerprint density at radius 1 is 1.18 bits per heavy atom. The molecule has 0 unspecified atom stereocenters. The average molecular weight is 405 g/mol. The van der Waals surface area contributed by atoms with E-state index in [-0.39, 0.29) is 29.4 Å². The zero-order valence-corrected chi connectivity index (χ0v) is 16.1. The summed E-state index contributed by atoms with van der Waals surface area (Å²) in [7, 11) is 0. The minimum Gasteiger partial charge on any atom is -0.506 e. The van der Waals surface area contributed by atoms with Crippen LogP contribution in [0.1, 0.15) is 25.8 Å². The molecule has 0 bridgehead atoms. The molecule has 1 heterocycles. The first-order chi connectivity index (χ1) is 13.3. The fourth-order valence-corrected chi connectivity index (χ4v) is 3.17. The summed E-state index contributed by atoms with van der Waals surface area (Å²) in [6.45, 7) is 2.95. The lowest BCUT2D eigenvalue weighted by Gasteiger charge is -2.03. The molecule has 1 amide bonds. The predicted molar refractivity (Wildman–Crippen MR) is 104 cm³/mol. The number of aliphatic carboxylic acids is 1. The second kappa shape index (κ2) is 9.75. The quantitative estimate of drug-likeness (QED) is 0.664. The maximum Gasteiger partial charge on any atom is 0.344 e. The number of carbonyl (C=O) groups is 3. The molecule has 0 spiro atoms. The van der Waals surface area contributed by atoms with Crippen molar-refractivity contribution in [2.75, 3.05) is 13.2 Å². The largest absolute Gasteiger partial charge is 0.506 e. The van der Waals surface area contributed by atoms with E-state index >= 15 is 0 Å². The number of aliphatic hydroxyl groups is 1. The van der Waals surface area contributed by atoms with Crippen molar-refractivity contribution >= 4 is 40.7 Å². The Hall–Kier alpha value is -3.07. The van der Waals surface area contributed by atoms with E-state index in [2.05, 4.69) is 4.99 Å². The lowest BCUT2D eigenvalue weighted by molar-refractivity contribution is -0.139. The molecule has 1 aromatic rings. The Bertz CT molecular complexity index is 869. The minimum absolute atomic E-state index is 0.0930. The molecule has 28 heavy (non-hydrogen) atoms. The highest BCUT2D eigenvalue weighted by atomic mass is 32.2. The van der Waals surface area contributed by atoms with E-state index in [0.29, 0.717) is 16.2 Å². The zero-order chi connectivity index (χ0) is 20.7. The van der Waals surface area contributed by atoms with E-state index in [0.717, 1.165) is 11.8 Å². The number of carboxylic acids is 1. The summed E-state index contributed by atoms with van der Waals surface area (Å²) in [5.74, 6) is -2.18. The number of aliphatic imine (C=N–C) groups is 1. The maximum absolute atomic E-state index is 12.2. The molecule has 8 nitrogen and oxygen atoms in total. The molecule has 0 aliphatic carbocycles. The smallest absolute Gasteiger partial charge is 0.344 e. The summed E-state index contributed by atoms with van der Waals surface area (Å²) < 4.78 is 10.0. The first-order valence-electron chi connectivity index (χ1n) is 8.42. The van der Waals surface area contributed by atoms with Gasteiger partial charge < -0.3 is 19.7 Å². The summed E-state index contributed by atoms with van der Waals surface area (Å²) in [6.07, 6.45) is 1.77. The number of thioether (sulfide) groups is 1. The first kappa shape index (κ1) is 21.2. The number of hydrogen-bond acceptors (Lipinski definition) is 7. The molecule has 9 heteroatoms. The molecule has 1 aliphatic heterocycles. The Morgan fingerprint density at radius 2 is 1.86 bits per heavy atom. The van der Waals surface area contributed by atoms with Gasteiger partial charge in [-0.1, -0.05) is 30.8 Å². The molecule has 148 valence electrons. The van der Waals surface area contributed by atoms with Gasteiger partial charge in [0.25, 0.3) is 0 Å². The first-order valence-corrected chi connectivity index (χ1v) is 9.24. The van der Waals surface area contributed by atoms with Gasteiger partial charge in [0.2, 0.25) is 5.91 Å². The van der Waals surface area contributed by atoms with Crippen LogP contribution in [-0.4, -0.2) is 46.3 Å². The molecule has 2 rings (SSSR count). The third kappa shape index (κ3) is 5.46. The van der Waals surface area contributed by atoms with Gasteiger partial charge in [-0.2, -0.15) is 0 Å². The van der Waals surface area contributed by atoms with Crippen LogP contribution >= 0.6 is 11.8 Å². The molecular weight excluding hydrogens is 386 g/mol. The molecule has 0 fully saturated rings. The van der Waals surface area contributed by atoms with Crippen molar-refractivity contribution in [3.63, 3.8) is 0 Å². The number of nitrogens with zero attached hydrogens (tertiary/aromatic N) is 1. The van der Waals surface area contributed by atoms with Crippen LogP contribution in [0.4, 0.5) is 0 Å². The van der Waals surface area contributed by atoms with Gasteiger partial charge in [-0.25, -0.2) is 14.6 Å². The number of carboxylic acid groups (broad SMARTS) is 1. The van der Waals surface area contributed by atoms with Gasteiger partial charge in [-0.3, -0.25) is 4.79 Å². The predicted octanol–water partition coefficient (Wildman–Crippen LogP) is 2.95. The highest BCUT2D eigenvalue weighted by Gasteiger charge is 2.33. The molecule has 1 aliphatic rings. The van der Waals surface area contributed by atoms with Crippen molar-refractivity contribution in [3.8, 4) is 5.75 Å². The topological polar surface area (TPSA) is 122 Å².